The highest BCUT2D eigenvalue weighted by molar-refractivity contribution is 6.00. The number of hydrogen-bond donors (Lipinski definition) is 0. The van der Waals surface area contributed by atoms with Gasteiger partial charge in [-0.25, -0.2) is 0 Å². The molecule has 8 aromatic rings. The van der Waals surface area contributed by atoms with Crippen LogP contribution in [0.25, 0.3) is 43.8 Å². The largest absolute Gasteiger partial charge is 0.310 e. The molecule has 0 aromatic heterocycles. The molecule has 0 N–H and O–H groups in total. The average Bonchev–Trinajstić information content (AvgIpc) is 3.17. The third kappa shape index (κ3) is 5.72. The Labute approximate surface area is 314 Å². The number of fused-ring (bicyclic) bond motifs is 3. The second-order valence-corrected chi connectivity index (χ2v) is 15.5. The van der Waals surface area contributed by atoms with Crippen molar-refractivity contribution in [3.8, 4) is 22.3 Å². The first kappa shape index (κ1) is 33.0. The van der Waals surface area contributed by atoms with Crippen molar-refractivity contribution in [2.45, 2.75) is 52.9 Å². The van der Waals surface area contributed by atoms with Crippen molar-refractivity contribution in [1.29, 1.82) is 0 Å². The van der Waals surface area contributed by atoms with Gasteiger partial charge in [-0.15, -0.1) is 0 Å². The molecule has 1 aliphatic rings. The maximum atomic E-state index is 2.41. The lowest BCUT2D eigenvalue weighted by atomic mass is 9.73. The Hall–Kier alpha value is -5.92. The first-order valence-electron chi connectivity index (χ1n) is 19.0. The molecular weight excluding hydrogens is 639 g/mol. The summed E-state index contributed by atoms with van der Waals surface area (Å²) in [6.07, 6.45) is 2.39. The summed E-state index contributed by atoms with van der Waals surface area (Å²) in [5.74, 6) is 0. The quantitative estimate of drug-likeness (QED) is 0.162. The maximum Gasteiger partial charge on any atom is 0.0467 e. The molecule has 0 radical (unpaired) electrons. The van der Waals surface area contributed by atoms with Gasteiger partial charge in [-0.05, 0) is 147 Å². The van der Waals surface area contributed by atoms with Crippen LogP contribution in [0.4, 0.5) is 17.1 Å². The predicted octanol–water partition coefficient (Wildman–Crippen LogP) is 14.1. The van der Waals surface area contributed by atoms with E-state index < -0.39 is 0 Å². The van der Waals surface area contributed by atoms with Gasteiger partial charge >= 0.3 is 0 Å². The molecule has 258 valence electrons. The highest BCUT2D eigenvalue weighted by atomic mass is 15.1. The predicted molar refractivity (Wildman–Crippen MR) is 227 cm³/mol. The SMILES string of the molecule is Cc1ccc(N(c2ccc(-c3ccc(C(C)(C)c4ccc(C)c5ccccc45)c4ccccc34)cc2)c2cccc(-c3cc4c(cc3C)CC4)c2)cc1. The molecule has 0 spiro atoms. The topological polar surface area (TPSA) is 3.24 Å². The van der Waals surface area contributed by atoms with Crippen molar-refractivity contribution >= 4 is 38.6 Å². The molecule has 0 amide bonds. The van der Waals surface area contributed by atoms with E-state index >= 15 is 0 Å². The Bertz CT molecular complexity index is 2660. The van der Waals surface area contributed by atoms with Crippen LogP contribution in [0.3, 0.4) is 0 Å². The second kappa shape index (κ2) is 12.9. The number of anilines is 3. The summed E-state index contributed by atoms with van der Waals surface area (Å²) in [6, 6.07) is 59.0. The molecule has 1 aliphatic carbocycles. The lowest BCUT2D eigenvalue weighted by Crippen LogP contribution is -2.20. The van der Waals surface area contributed by atoms with Crippen LogP contribution in [0.2, 0.25) is 0 Å². The van der Waals surface area contributed by atoms with Gasteiger partial charge in [0.25, 0.3) is 0 Å². The summed E-state index contributed by atoms with van der Waals surface area (Å²) in [6.45, 7) is 11.4. The highest BCUT2D eigenvalue weighted by Crippen LogP contribution is 2.44. The summed E-state index contributed by atoms with van der Waals surface area (Å²) in [5.41, 5.74) is 17.9. The van der Waals surface area contributed by atoms with Crippen LogP contribution in [-0.4, -0.2) is 0 Å². The van der Waals surface area contributed by atoms with E-state index in [-0.39, 0.29) is 5.41 Å². The first-order valence-corrected chi connectivity index (χ1v) is 19.0. The van der Waals surface area contributed by atoms with Gasteiger partial charge in [-0.1, -0.05) is 141 Å². The fraction of sp³-hybridized carbons (Fsp3) is 0.154. The smallest absolute Gasteiger partial charge is 0.0467 e. The summed E-state index contributed by atoms with van der Waals surface area (Å²) >= 11 is 0. The molecule has 0 bridgehead atoms. The molecule has 1 nitrogen and oxygen atoms in total. The number of nitrogens with zero attached hydrogens (tertiary/aromatic N) is 1. The molecule has 0 unspecified atom stereocenters. The number of benzene rings is 8. The van der Waals surface area contributed by atoms with Gasteiger partial charge < -0.3 is 4.90 Å². The molecule has 0 aliphatic heterocycles. The molecule has 0 atom stereocenters. The van der Waals surface area contributed by atoms with Crippen LogP contribution in [0, 0.1) is 20.8 Å². The molecule has 9 rings (SSSR count). The van der Waals surface area contributed by atoms with Gasteiger partial charge in [0, 0.05) is 22.5 Å². The second-order valence-electron chi connectivity index (χ2n) is 15.5. The minimum absolute atomic E-state index is 0.197. The van der Waals surface area contributed by atoms with E-state index in [0.717, 1.165) is 17.1 Å². The minimum Gasteiger partial charge on any atom is -0.310 e. The molecule has 0 saturated carbocycles. The molecular formula is C52H45N. The molecule has 53 heavy (non-hydrogen) atoms. The van der Waals surface area contributed by atoms with E-state index in [9.17, 15) is 0 Å². The summed E-state index contributed by atoms with van der Waals surface area (Å²) < 4.78 is 0. The fourth-order valence-corrected chi connectivity index (χ4v) is 8.66. The third-order valence-corrected chi connectivity index (χ3v) is 11.8. The van der Waals surface area contributed by atoms with Crippen molar-refractivity contribution in [1.82, 2.24) is 0 Å². The van der Waals surface area contributed by atoms with Crippen LogP contribution >= 0.6 is 0 Å². The van der Waals surface area contributed by atoms with E-state index in [2.05, 4.69) is 197 Å². The molecule has 1 heteroatoms. The van der Waals surface area contributed by atoms with Crippen LogP contribution < -0.4 is 4.90 Å². The average molecular weight is 684 g/mol. The minimum atomic E-state index is -0.197. The van der Waals surface area contributed by atoms with Crippen LogP contribution in [0.5, 0.6) is 0 Å². The fourth-order valence-electron chi connectivity index (χ4n) is 8.66. The van der Waals surface area contributed by atoms with Crippen LogP contribution in [-0.2, 0) is 18.3 Å². The van der Waals surface area contributed by atoms with E-state index in [1.165, 1.54) is 95.6 Å². The highest BCUT2D eigenvalue weighted by Gasteiger charge is 2.28. The van der Waals surface area contributed by atoms with Crippen molar-refractivity contribution in [3.05, 3.63) is 197 Å². The first-order chi connectivity index (χ1) is 25.8. The summed E-state index contributed by atoms with van der Waals surface area (Å²) in [5, 5.41) is 5.23. The van der Waals surface area contributed by atoms with Crippen molar-refractivity contribution in [2.75, 3.05) is 4.90 Å². The van der Waals surface area contributed by atoms with Crippen molar-refractivity contribution in [2.24, 2.45) is 0 Å². The zero-order valence-corrected chi connectivity index (χ0v) is 31.4. The normalized spacial score (nSPS) is 12.5. The van der Waals surface area contributed by atoms with Crippen molar-refractivity contribution in [3.63, 3.8) is 0 Å². The lowest BCUT2D eigenvalue weighted by molar-refractivity contribution is 0.653. The van der Waals surface area contributed by atoms with E-state index in [0.29, 0.717) is 0 Å². The summed E-state index contributed by atoms with van der Waals surface area (Å²) in [4.78, 5) is 2.39. The van der Waals surface area contributed by atoms with Gasteiger partial charge in [0.1, 0.15) is 0 Å². The zero-order valence-electron chi connectivity index (χ0n) is 31.4. The lowest BCUT2D eigenvalue weighted by Gasteiger charge is -2.30. The van der Waals surface area contributed by atoms with Gasteiger partial charge in [0.05, 0.1) is 0 Å². The van der Waals surface area contributed by atoms with E-state index in [1.54, 1.807) is 0 Å². The van der Waals surface area contributed by atoms with E-state index in [4.69, 9.17) is 0 Å². The zero-order chi connectivity index (χ0) is 36.3. The summed E-state index contributed by atoms with van der Waals surface area (Å²) in [7, 11) is 0. The van der Waals surface area contributed by atoms with Crippen LogP contribution in [0.1, 0.15) is 52.8 Å². The van der Waals surface area contributed by atoms with Gasteiger partial charge in [-0.3, -0.25) is 0 Å². The number of rotatable bonds is 7. The standard InChI is InChI=1S/C52H45N/c1-34-17-24-41(25-18-34)53(43-12-10-11-40(32-43)49-33-39-21-20-38(39)31-36(49)3)42-26-22-37(23-27-42)45-28-30-51(48-16-9-7-14-46(45)48)52(4,5)50-29-19-35(2)44-13-6-8-15-47(44)50/h6-19,22-33H,20-21H2,1-5H3. The molecule has 0 fully saturated rings. The Morgan fingerprint density at radius 1 is 0.415 bits per heavy atom. The molecule has 8 aromatic carbocycles. The third-order valence-electron chi connectivity index (χ3n) is 11.8. The number of aryl methyl sites for hydroxylation is 5. The Morgan fingerprint density at radius 3 is 1.68 bits per heavy atom. The van der Waals surface area contributed by atoms with Crippen LogP contribution in [0.15, 0.2) is 158 Å². The maximum absolute atomic E-state index is 2.41. The van der Waals surface area contributed by atoms with Crippen molar-refractivity contribution < 1.29 is 0 Å². The Morgan fingerprint density at radius 2 is 1.00 bits per heavy atom. The number of hydrogen-bond acceptors (Lipinski definition) is 1. The van der Waals surface area contributed by atoms with Gasteiger partial charge in [0.15, 0.2) is 0 Å². The monoisotopic (exact) mass is 683 g/mol. The Kier molecular flexibility index (Phi) is 8.04. The molecule has 0 heterocycles. The van der Waals surface area contributed by atoms with Gasteiger partial charge in [0.2, 0.25) is 0 Å². The molecule has 0 saturated heterocycles. The van der Waals surface area contributed by atoms with E-state index in [1.807, 2.05) is 0 Å². The Balaban J connectivity index is 1.12. The van der Waals surface area contributed by atoms with Gasteiger partial charge in [-0.2, -0.15) is 0 Å².